The second-order valence-electron chi connectivity index (χ2n) is 5.63. The zero-order valence-electron chi connectivity index (χ0n) is 12.7. The minimum atomic E-state index is -0.0797. The highest BCUT2D eigenvalue weighted by Crippen LogP contribution is 2.38. The van der Waals surface area contributed by atoms with Gasteiger partial charge in [0.2, 0.25) is 5.91 Å². The van der Waals surface area contributed by atoms with Crippen molar-refractivity contribution in [2.45, 2.75) is 18.9 Å². The van der Waals surface area contributed by atoms with Crippen molar-refractivity contribution < 1.29 is 4.79 Å². The zero-order valence-corrected chi connectivity index (χ0v) is 14.3. The molecule has 1 atom stereocenters. The molecule has 0 radical (unpaired) electrons. The van der Waals surface area contributed by atoms with Gasteiger partial charge in [0, 0.05) is 24.7 Å². The molecule has 0 saturated carbocycles. The average Bonchev–Trinajstić information content (AvgIpc) is 2.51. The highest BCUT2D eigenvalue weighted by atomic mass is 35.5. The van der Waals surface area contributed by atoms with Gasteiger partial charge in [-0.15, -0.1) is 12.4 Å². The van der Waals surface area contributed by atoms with Crippen LogP contribution in [-0.2, 0) is 17.8 Å². The van der Waals surface area contributed by atoms with E-state index in [0.717, 1.165) is 17.5 Å². The summed E-state index contributed by atoms with van der Waals surface area (Å²) in [7, 11) is 0. The summed E-state index contributed by atoms with van der Waals surface area (Å²) in [6.07, 6.45) is 0.793. The highest BCUT2D eigenvalue weighted by Gasteiger charge is 2.34. The number of halogens is 2. The topological polar surface area (TPSA) is 46.3 Å². The van der Waals surface area contributed by atoms with Crippen molar-refractivity contribution >= 4 is 29.9 Å². The van der Waals surface area contributed by atoms with Gasteiger partial charge in [0.15, 0.2) is 0 Å². The van der Waals surface area contributed by atoms with Crippen LogP contribution >= 0.6 is 24.0 Å². The molecule has 1 amide bonds. The smallest absolute Gasteiger partial charge is 0.230 e. The summed E-state index contributed by atoms with van der Waals surface area (Å²) in [5, 5.41) is 0.685. The molecule has 3 nitrogen and oxygen atoms in total. The Balaban J connectivity index is 0.00000192. The highest BCUT2D eigenvalue weighted by molar-refractivity contribution is 6.30. The molecule has 0 bridgehead atoms. The third kappa shape index (κ3) is 3.86. The number of nitrogens with zero attached hydrogens (tertiary/aromatic N) is 1. The van der Waals surface area contributed by atoms with Crippen LogP contribution < -0.4 is 5.73 Å². The van der Waals surface area contributed by atoms with Gasteiger partial charge in [-0.2, -0.15) is 0 Å². The summed E-state index contributed by atoms with van der Waals surface area (Å²) in [5.74, 6) is 0.0630. The van der Waals surface area contributed by atoms with Gasteiger partial charge in [-0.1, -0.05) is 48.0 Å². The maximum atomic E-state index is 12.8. The van der Waals surface area contributed by atoms with Crippen LogP contribution in [0, 0.1) is 0 Å². The van der Waals surface area contributed by atoms with Crippen molar-refractivity contribution in [2.24, 2.45) is 5.73 Å². The summed E-state index contributed by atoms with van der Waals surface area (Å²) >= 11 is 6.05. The van der Waals surface area contributed by atoms with Crippen LogP contribution in [0.15, 0.2) is 48.5 Å². The van der Waals surface area contributed by atoms with Crippen molar-refractivity contribution in [2.75, 3.05) is 13.1 Å². The van der Waals surface area contributed by atoms with E-state index < -0.39 is 0 Å². The van der Waals surface area contributed by atoms with Gasteiger partial charge in [-0.25, -0.2) is 0 Å². The van der Waals surface area contributed by atoms with E-state index in [1.54, 1.807) is 0 Å². The number of rotatable bonds is 5. The minimum Gasteiger partial charge on any atom is -0.337 e. The van der Waals surface area contributed by atoms with E-state index in [4.69, 9.17) is 17.3 Å². The van der Waals surface area contributed by atoms with E-state index >= 15 is 0 Å². The molecule has 0 heterocycles. The van der Waals surface area contributed by atoms with Crippen LogP contribution in [0.4, 0.5) is 0 Å². The third-order valence-corrected chi connectivity index (χ3v) is 4.37. The molecule has 122 valence electrons. The first-order valence-corrected chi connectivity index (χ1v) is 7.88. The Hall–Kier alpha value is -1.55. The van der Waals surface area contributed by atoms with Crippen LogP contribution in [0.25, 0.3) is 0 Å². The molecule has 2 aromatic carbocycles. The van der Waals surface area contributed by atoms with Gasteiger partial charge in [0.25, 0.3) is 0 Å². The summed E-state index contributed by atoms with van der Waals surface area (Å²) < 4.78 is 0. The lowest BCUT2D eigenvalue weighted by Crippen LogP contribution is -2.41. The summed E-state index contributed by atoms with van der Waals surface area (Å²) in [4.78, 5) is 14.7. The van der Waals surface area contributed by atoms with Crippen LogP contribution in [-0.4, -0.2) is 23.9 Å². The quantitative estimate of drug-likeness (QED) is 0.898. The van der Waals surface area contributed by atoms with Gasteiger partial charge >= 0.3 is 0 Å². The first kappa shape index (κ1) is 17.8. The fourth-order valence-corrected chi connectivity index (χ4v) is 3.12. The molecule has 23 heavy (non-hydrogen) atoms. The van der Waals surface area contributed by atoms with Gasteiger partial charge in [0.1, 0.15) is 0 Å². The minimum absolute atomic E-state index is 0. The second kappa shape index (κ2) is 7.82. The Morgan fingerprint density at radius 3 is 2.65 bits per heavy atom. The van der Waals surface area contributed by atoms with E-state index in [-0.39, 0.29) is 24.2 Å². The monoisotopic (exact) mass is 350 g/mol. The van der Waals surface area contributed by atoms with E-state index in [1.165, 1.54) is 5.56 Å². The number of nitrogens with two attached hydrogens (primary N) is 1. The first-order chi connectivity index (χ1) is 10.7. The van der Waals surface area contributed by atoms with Gasteiger partial charge < -0.3 is 10.6 Å². The fraction of sp³-hybridized carbons (Fsp3) is 0.278. The van der Waals surface area contributed by atoms with Crippen LogP contribution in [0.5, 0.6) is 0 Å². The lowest BCUT2D eigenvalue weighted by molar-refractivity contribution is -0.133. The molecule has 0 aromatic heterocycles. The SMILES string of the molecule is Cl.NCCN(Cc1ccccc1)C(=O)C1Cc2ccc(Cl)cc21. The van der Waals surface area contributed by atoms with E-state index in [9.17, 15) is 4.79 Å². The molecule has 5 heteroatoms. The molecule has 1 aliphatic carbocycles. The number of amides is 1. The summed E-state index contributed by atoms with van der Waals surface area (Å²) in [5.41, 5.74) is 9.08. The molecule has 3 rings (SSSR count). The summed E-state index contributed by atoms with van der Waals surface area (Å²) in [6.45, 7) is 1.64. The van der Waals surface area contributed by atoms with E-state index in [1.807, 2.05) is 53.4 Å². The molecular weight excluding hydrogens is 331 g/mol. The number of fused-ring (bicyclic) bond motifs is 1. The molecule has 0 spiro atoms. The maximum Gasteiger partial charge on any atom is 0.230 e. The van der Waals surface area contributed by atoms with Gasteiger partial charge in [-0.05, 0) is 35.2 Å². The van der Waals surface area contributed by atoms with Crippen molar-refractivity contribution in [1.29, 1.82) is 0 Å². The number of hydrogen-bond acceptors (Lipinski definition) is 2. The molecule has 0 aliphatic heterocycles. The van der Waals surface area contributed by atoms with Crippen molar-refractivity contribution in [3.63, 3.8) is 0 Å². The van der Waals surface area contributed by atoms with Crippen LogP contribution in [0.3, 0.4) is 0 Å². The van der Waals surface area contributed by atoms with Gasteiger partial charge in [-0.3, -0.25) is 4.79 Å². The van der Waals surface area contributed by atoms with E-state index in [2.05, 4.69) is 0 Å². The maximum absolute atomic E-state index is 12.8. The number of hydrogen-bond donors (Lipinski definition) is 1. The van der Waals surface area contributed by atoms with Crippen molar-refractivity contribution in [3.05, 3.63) is 70.2 Å². The standard InChI is InChI=1S/C18H19ClN2O.ClH/c19-15-7-6-14-10-17(16(14)11-15)18(22)21(9-8-20)12-13-4-2-1-3-5-13;/h1-7,11,17H,8-10,12,20H2;1H. The lowest BCUT2D eigenvalue weighted by atomic mass is 9.76. The molecule has 2 aromatic rings. The Morgan fingerprint density at radius 2 is 1.96 bits per heavy atom. The molecule has 1 unspecified atom stereocenters. The summed E-state index contributed by atoms with van der Waals surface area (Å²) in [6, 6.07) is 15.8. The normalized spacial score (nSPS) is 15.1. The third-order valence-electron chi connectivity index (χ3n) is 4.13. The molecule has 0 fully saturated rings. The van der Waals surface area contributed by atoms with Gasteiger partial charge in [0.05, 0.1) is 5.92 Å². The second-order valence-corrected chi connectivity index (χ2v) is 6.07. The molecular formula is C18H20Cl2N2O. The van der Waals surface area contributed by atoms with Crippen LogP contribution in [0.1, 0.15) is 22.6 Å². The van der Waals surface area contributed by atoms with Crippen molar-refractivity contribution in [1.82, 2.24) is 4.90 Å². The predicted molar refractivity (Wildman–Crippen MR) is 96.1 cm³/mol. The van der Waals surface area contributed by atoms with Crippen LogP contribution in [0.2, 0.25) is 5.02 Å². The first-order valence-electron chi connectivity index (χ1n) is 7.50. The fourth-order valence-electron chi connectivity index (χ4n) is 2.94. The Morgan fingerprint density at radius 1 is 1.22 bits per heavy atom. The molecule has 0 saturated heterocycles. The number of benzene rings is 2. The largest absolute Gasteiger partial charge is 0.337 e. The molecule has 1 aliphatic rings. The number of carbonyl (C=O) groups is 1. The zero-order chi connectivity index (χ0) is 15.5. The average molecular weight is 351 g/mol. The Bertz CT molecular complexity index is 676. The predicted octanol–water partition coefficient (Wildman–Crippen LogP) is 3.39. The lowest BCUT2D eigenvalue weighted by Gasteiger charge is -2.34. The Kier molecular flexibility index (Phi) is 6.05. The Labute approximate surface area is 147 Å². The molecule has 2 N–H and O–H groups in total. The number of carbonyl (C=O) groups excluding carboxylic acids is 1. The van der Waals surface area contributed by atoms with Crippen molar-refractivity contribution in [3.8, 4) is 0 Å². The van der Waals surface area contributed by atoms with E-state index in [0.29, 0.717) is 24.7 Å².